The summed E-state index contributed by atoms with van der Waals surface area (Å²) in [4.78, 5) is 12.0. The summed E-state index contributed by atoms with van der Waals surface area (Å²) in [5, 5.41) is 0. The van der Waals surface area contributed by atoms with Crippen molar-refractivity contribution in [3.8, 4) is 11.5 Å². The number of hydrogen-bond acceptors (Lipinski definition) is 5. The molecule has 0 radical (unpaired) electrons. The zero-order chi connectivity index (χ0) is 19.2. The number of ether oxygens (including phenoxy) is 4. The first kappa shape index (κ1) is 18.5. The van der Waals surface area contributed by atoms with Crippen molar-refractivity contribution in [1.82, 2.24) is 0 Å². The highest BCUT2D eigenvalue weighted by Crippen LogP contribution is 2.17. The zero-order valence-electron chi connectivity index (χ0n) is 15.5. The van der Waals surface area contributed by atoms with Crippen molar-refractivity contribution in [2.45, 2.75) is 12.2 Å². The Morgan fingerprint density at radius 1 is 0.786 bits per heavy atom. The molecule has 2 saturated heterocycles. The van der Waals surface area contributed by atoms with E-state index < -0.39 is 0 Å². The van der Waals surface area contributed by atoms with Gasteiger partial charge in [0.1, 0.15) is 36.9 Å². The third-order valence-corrected chi connectivity index (χ3v) is 4.32. The molecule has 2 aromatic carbocycles. The van der Waals surface area contributed by atoms with E-state index in [9.17, 15) is 4.79 Å². The Balaban J connectivity index is 1.24. The van der Waals surface area contributed by atoms with Crippen molar-refractivity contribution in [2.24, 2.45) is 0 Å². The Morgan fingerprint density at radius 2 is 1.18 bits per heavy atom. The first-order valence-corrected chi connectivity index (χ1v) is 9.34. The second-order valence-corrected chi connectivity index (χ2v) is 6.74. The lowest BCUT2D eigenvalue weighted by Crippen LogP contribution is -2.03. The van der Waals surface area contributed by atoms with E-state index in [0.717, 1.165) is 35.8 Å². The fraction of sp³-hybridized carbons (Fsp3) is 0.261. The lowest BCUT2D eigenvalue weighted by molar-refractivity contribution is -0.110. The molecular formula is C23H22O5. The van der Waals surface area contributed by atoms with E-state index in [-0.39, 0.29) is 18.0 Å². The third kappa shape index (κ3) is 6.08. The number of hydrogen-bond donors (Lipinski definition) is 0. The van der Waals surface area contributed by atoms with Crippen molar-refractivity contribution >= 4 is 17.9 Å². The number of rotatable bonds is 10. The molecule has 2 unspecified atom stereocenters. The lowest BCUT2D eigenvalue weighted by Gasteiger charge is -2.04. The largest absolute Gasteiger partial charge is 0.491 e. The quantitative estimate of drug-likeness (QED) is 0.467. The summed E-state index contributed by atoms with van der Waals surface area (Å²) in [6, 6.07) is 15.2. The molecule has 2 aliphatic heterocycles. The lowest BCUT2D eigenvalue weighted by atomic mass is 10.1. The summed E-state index contributed by atoms with van der Waals surface area (Å²) in [6.07, 6.45) is 7.17. The Bertz CT molecular complexity index is 772. The monoisotopic (exact) mass is 378 g/mol. The van der Waals surface area contributed by atoms with Crippen molar-refractivity contribution in [3.63, 3.8) is 0 Å². The third-order valence-electron chi connectivity index (χ3n) is 4.32. The molecule has 5 heteroatoms. The molecule has 2 aromatic rings. The number of carbonyl (C=O) groups is 1. The standard InChI is InChI=1S/C23H22O5/c24-19(7-1-17-3-9-20(10-4-17)25-13-22-15-27-22)8-2-18-5-11-21(12-6-18)26-14-23-16-28-23/h1-12,22-23H,13-16H2/b7-1-,8-2-. The van der Waals surface area contributed by atoms with Gasteiger partial charge in [0.15, 0.2) is 5.78 Å². The molecule has 0 N–H and O–H groups in total. The topological polar surface area (TPSA) is 60.6 Å². The van der Waals surface area contributed by atoms with E-state index in [1.165, 1.54) is 0 Å². The minimum atomic E-state index is -0.0718. The second-order valence-electron chi connectivity index (χ2n) is 6.74. The van der Waals surface area contributed by atoms with E-state index >= 15 is 0 Å². The first-order valence-electron chi connectivity index (χ1n) is 9.34. The van der Waals surface area contributed by atoms with Crippen molar-refractivity contribution in [1.29, 1.82) is 0 Å². The van der Waals surface area contributed by atoms with Gasteiger partial charge in [-0.3, -0.25) is 4.79 Å². The van der Waals surface area contributed by atoms with Crippen LogP contribution in [0, 0.1) is 0 Å². The van der Waals surface area contributed by atoms with Gasteiger partial charge >= 0.3 is 0 Å². The highest BCUT2D eigenvalue weighted by Gasteiger charge is 2.23. The summed E-state index contributed by atoms with van der Waals surface area (Å²) in [5.41, 5.74) is 1.89. The van der Waals surface area contributed by atoms with E-state index in [0.29, 0.717) is 13.2 Å². The van der Waals surface area contributed by atoms with Crippen molar-refractivity contribution < 1.29 is 23.7 Å². The highest BCUT2D eigenvalue weighted by molar-refractivity contribution is 6.04. The molecular weight excluding hydrogens is 356 g/mol. The molecule has 2 atom stereocenters. The first-order chi connectivity index (χ1) is 13.7. The van der Waals surface area contributed by atoms with Gasteiger partial charge in [-0.15, -0.1) is 0 Å². The SMILES string of the molecule is O=C(/C=C\c1ccc(OCC2CO2)cc1)/C=C\c1ccc(OCC2CO2)cc1. The number of carbonyl (C=O) groups excluding carboxylic acids is 1. The van der Waals surface area contributed by atoms with Crippen LogP contribution in [0.4, 0.5) is 0 Å². The maximum Gasteiger partial charge on any atom is 0.178 e. The van der Waals surface area contributed by atoms with E-state index in [2.05, 4.69) is 0 Å². The van der Waals surface area contributed by atoms with Gasteiger partial charge < -0.3 is 18.9 Å². The second kappa shape index (κ2) is 8.87. The van der Waals surface area contributed by atoms with Gasteiger partial charge in [0.2, 0.25) is 0 Å². The van der Waals surface area contributed by atoms with Crippen LogP contribution in [0.15, 0.2) is 60.7 Å². The minimum Gasteiger partial charge on any atom is -0.491 e. The van der Waals surface area contributed by atoms with Crippen LogP contribution >= 0.6 is 0 Å². The average molecular weight is 378 g/mol. The summed E-state index contributed by atoms with van der Waals surface area (Å²) in [7, 11) is 0. The van der Waals surface area contributed by atoms with Crippen LogP contribution in [0.25, 0.3) is 12.2 Å². The van der Waals surface area contributed by atoms with Gasteiger partial charge in [-0.25, -0.2) is 0 Å². The number of epoxide rings is 2. The summed E-state index contributed by atoms with van der Waals surface area (Å²) >= 11 is 0. The summed E-state index contributed by atoms with van der Waals surface area (Å²) in [5.74, 6) is 1.53. The maximum atomic E-state index is 12.0. The molecule has 0 amide bonds. The predicted octanol–water partition coefficient (Wildman–Crippen LogP) is 3.54. The Kier molecular flexibility index (Phi) is 5.85. The van der Waals surface area contributed by atoms with Gasteiger partial charge in [0.05, 0.1) is 13.2 Å². The van der Waals surface area contributed by atoms with Crippen LogP contribution in [-0.2, 0) is 14.3 Å². The van der Waals surface area contributed by atoms with E-state index in [1.54, 1.807) is 24.3 Å². The highest BCUT2D eigenvalue weighted by atomic mass is 16.6. The molecule has 5 nitrogen and oxygen atoms in total. The Hall–Kier alpha value is -2.89. The molecule has 0 saturated carbocycles. The molecule has 0 spiro atoms. The molecule has 0 aliphatic carbocycles. The van der Waals surface area contributed by atoms with Crippen LogP contribution in [0.2, 0.25) is 0 Å². The molecule has 144 valence electrons. The molecule has 4 rings (SSSR count). The fourth-order valence-electron chi connectivity index (χ4n) is 2.47. The zero-order valence-corrected chi connectivity index (χ0v) is 15.5. The van der Waals surface area contributed by atoms with E-state index in [1.807, 2.05) is 48.5 Å². The van der Waals surface area contributed by atoms with Crippen molar-refractivity contribution in [3.05, 3.63) is 71.8 Å². The van der Waals surface area contributed by atoms with E-state index in [4.69, 9.17) is 18.9 Å². The Morgan fingerprint density at radius 3 is 1.54 bits per heavy atom. The van der Waals surface area contributed by atoms with Gasteiger partial charge in [-0.05, 0) is 47.5 Å². The molecule has 0 bridgehead atoms. The Labute approximate surface area is 164 Å². The van der Waals surface area contributed by atoms with Crippen LogP contribution in [-0.4, -0.2) is 44.4 Å². The summed E-state index contributed by atoms with van der Waals surface area (Å²) < 4.78 is 21.4. The molecule has 0 aromatic heterocycles. The fourth-order valence-corrected chi connectivity index (χ4v) is 2.47. The molecule has 2 fully saturated rings. The predicted molar refractivity (Wildman–Crippen MR) is 106 cm³/mol. The molecule has 28 heavy (non-hydrogen) atoms. The van der Waals surface area contributed by atoms with Crippen LogP contribution in [0.3, 0.4) is 0 Å². The molecule has 2 heterocycles. The summed E-state index contributed by atoms with van der Waals surface area (Å²) in [6.45, 7) is 2.73. The molecule has 2 aliphatic rings. The van der Waals surface area contributed by atoms with Gasteiger partial charge in [0, 0.05) is 0 Å². The van der Waals surface area contributed by atoms with Crippen LogP contribution in [0.5, 0.6) is 11.5 Å². The maximum absolute atomic E-state index is 12.0. The van der Waals surface area contributed by atoms with Crippen LogP contribution < -0.4 is 9.47 Å². The average Bonchev–Trinajstić information content (AvgIpc) is 3.64. The normalized spacial score (nSPS) is 20.4. The van der Waals surface area contributed by atoms with Gasteiger partial charge in [0.25, 0.3) is 0 Å². The smallest absolute Gasteiger partial charge is 0.178 e. The number of ketones is 1. The van der Waals surface area contributed by atoms with Crippen LogP contribution in [0.1, 0.15) is 11.1 Å². The van der Waals surface area contributed by atoms with Crippen molar-refractivity contribution in [2.75, 3.05) is 26.4 Å². The van der Waals surface area contributed by atoms with Gasteiger partial charge in [-0.1, -0.05) is 36.4 Å². The minimum absolute atomic E-state index is 0.0718. The number of benzene rings is 2. The number of allylic oxidation sites excluding steroid dienone is 2. The van der Waals surface area contributed by atoms with Gasteiger partial charge in [-0.2, -0.15) is 0 Å².